The first-order valence-corrected chi connectivity index (χ1v) is 10.7. The van der Waals surface area contributed by atoms with Crippen LogP contribution in [0.5, 0.6) is 17.2 Å². The third kappa shape index (κ3) is 5.50. The number of hydrogen-bond donors (Lipinski definition) is 0. The zero-order valence-corrected chi connectivity index (χ0v) is 18.8. The number of piperazine rings is 1. The Hall–Kier alpha value is -3.26. The molecule has 32 heavy (non-hydrogen) atoms. The number of amides is 2. The van der Waals surface area contributed by atoms with Gasteiger partial charge in [-0.05, 0) is 37.3 Å². The van der Waals surface area contributed by atoms with Gasteiger partial charge in [-0.15, -0.1) is 0 Å². The largest absolute Gasteiger partial charge is 0.493 e. The lowest BCUT2D eigenvalue weighted by molar-refractivity contribution is 0.0531. The number of benzene rings is 2. The fourth-order valence-corrected chi connectivity index (χ4v) is 3.56. The fourth-order valence-electron chi connectivity index (χ4n) is 3.56. The van der Waals surface area contributed by atoms with E-state index in [2.05, 4.69) is 0 Å². The van der Waals surface area contributed by atoms with Gasteiger partial charge in [-0.1, -0.05) is 12.1 Å². The van der Waals surface area contributed by atoms with Crippen molar-refractivity contribution in [3.8, 4) is 17.2 Å². The van der Waals surface area contributed by atoms with Crippen molar-refractivity contribution in [3.63, 3.8) is 0 Å². The lowest BCUT2D eigenvalue weighted by atomic mass is 10.1. The van der Waals surface area contributed by atoms with Gasteiger partial charge < -0.3 is 28.7 Å². The lowest BCUT2D eigenvalue weighted by Gasteiger charge is -2.35. The Morgan fingerprint density at radius 3 is 2.12 bits per heavy atom. The Kier molecular flexibility index (Phi) is 8.33. The molecule has 0 N–H and O–H groups in total. The van der Waals surface area contributed by atoms with E-state index >= 15 is 0 Å². The van der Waals surface area contributed by atoms with Crippen molar-refractivity contribution in [1.29, 1.82) is 0 Å². The molecular weight excluding hydrogens is 412 g/mol. The molecule has 0 saturated carbocycles. The molecule has 0 spiro atoms. The number of methoxy groups -OCH3 is 2. The summed E-state index contributed by atoms with van der Waals surface area (Å²) < 4.78 is 21.6. The highest BCUT2D eigenvalue weighted by Crippen LogP contribution is 2.28. The smallest absolute Gasteiger partial charge is 0.257 e. The maximum Gasteiger partial charge on any atom is 0.257 e. The Balaban J connectivity index is 1.61. The molecule has 1 fully saturated rings. The highest BCUT2D eigenvalue weighted by Gasteiger charge is 2.27. The summed E-state index contributed by atoms with van der Waals surface area (Å²) in [5, 5.41) is 0. The first-order valence-electron chi connectivity index (χ1n) is 10.7. The molecule has 2 amide bonds. The monoisotopic (exact) mass is 442 g/mol. The molecule has 1 aliphatic rings. The molecule has 2 aromatic rings. The highest BCUT2D eigenvalue weighted by atomic mass is 16.5. The van der Waals surface area contributed by atoms with Gasteiger partial charge in [0.1, 0.15) is 12.4 Å². The van der Waals surface area contributed by atoms with Gasteiger partial charge in [0.05, 0.1) is 26.4 Å². The summed E-state index contributed by atoms with van der Waals surface area (Å²) in [5.74, 6) is 1.42. The van der Waals surface area contributed by atoms with Crippen LogP contribution >= 0.6 is 0 Å². The van der Waals surface area contributed by atoms with Crippen molar-refractivity contribution in [2.75, 3.05) is 60.2 Å². The second kappa shape index (κ2) is 11.4. The molecule has 8 nitrogen and oxygen atoms in total. The van der Waals surface area contributed by atoms with Crippen LogP contribution in [0.15, 0.2) is 42.5 Å². The molecule has 2 aromatic carbocycles. The van der Waals surface area contributed by atoms with Crippen LogP contribution in [0.2, 0.25) is 0 Å². The van der Waals surface area contributed by atoms with Crippen molar-refractivity contribution in [2.24, 2.45) is 0 Å². The van der Waals surface area contributed by atoms with Gasteiger partial charge in [0.25, 0.3) is 11.8 Å². The van der Waals surface area contributed by atoms with E-state index in [9.17, 15) is 9.59 Å². The Bertz CT molecular complexity index is 924. The van der Waals surface area contributed by atoms with Gasteiger partial charge in [0.2, 0.25) is 0 Å². The number of hydrogen-bond acceptors (Lipinski definition) is 6. The minimum Gasteiger partial charge on any atom is -0.493 e. The van der Waals surface area contributed by atoms with Gasteiger partial charge in [-0.3, -0.25) is 9.59 Å². The Labute approximate surface area is 188 Å². The Morgan fingerprint density at radius 1 is 0.812 bits per heavy atom. The van der Waals surface area contributed by atoms with Crippen LogP contribution in [0.25, 0.3) is 0 Å². The summed E-state index contributed by atoms with van der Waals surface area (Å²) in [5.41, 5.74) is 1.04. The molecular formula is C24H30N2O6. The zero-order valence-electron chi connectivity index (χ0n) is 18.8. The Morgan fingerprint density at radius 2 is 1.47 bits per heavy atom. The van der Waals surface area contributed by atoms with E-state index in [-0.39, 0.29) is 11.8 Å². The molecule has 8 heteroatoms. The van der Waals surface area contributed by atoms with Gasteiger partial charge in [0, 0.05) is 38.3 Å². The van der Waals surface area contributed by atoms with Gasteiger partial charge >= 0.3 is 0 Å². The van der Waals surface area contributed by atoms with Crippen molar-refractivity contribution in [2.45, 2.75) is 6.92 Å². The molecule has 1 heterocycles. The minimum absolute atomic E-state index is 0.0993. The quantitative estimate of drug-likeness (QED) is 0.556. The maximum atomic E-state index is 13.1. The van der Waals surface area contributed by atoms with E-state index in [1.807, 2.05) is 19.1 Å². The molecule has 3 rings (SSSR count). The molecule has 1 saturated heterocycles. The van der Waals surface area contributed by atoms with E-state index in [1.165, 1.54) is 7.11 Å². The standard InChI is InChI=1S/C24H30N2O6/c1-4-31-15-16-32-20-8-6-5-7-19(20)24(28)26-13-11-25(12-14-26)23(27)18-9-10-21(29-2)22(17-18)30-3/h5-10,17H,4,11-16H2,1-3H3. The second-order valence-electron chi connectivity index (χ2n) is 7.20. The summed E-state index contributed by atoms with van der Waals surface area (Å²) in [7, 11) is 3.09. The molecule has 0 radical (unpaired) electrons. The number of carbonyl (C=O) groups is 2. The van der Waals surface area contributed by atoms with E-state index in [0.717, 1.165) is 0 Å². The molecule has 0 aromatic heterocycles. The van der Waals surface area contributed by atoms with Crippen molar-refractivity contribution < 1.29 is 28.5 Å². The van der Waals surface area contributed by atoms with Crippen LogP contribution in [0.3, 0.4) is 0 Å². The number of rotatable bonds is 9. The van der Waals surface area contributed by atoms with Crippen molar-refractivity contribution in [3.05, 3.63) is 53.6 Å². The van der Waals surface area contributed by atoms with E-state index in [1.54, 1.807) is 47.2 Å². The highest BCUT2D eigenvalue weighted by molar-refractivity contribution is 5.98. The van der Waals surface area contributed by atoms with Gasteiger partial charge in [-0.25, -0.2) is 0 Å². The molecule has 0 bridgehead atoms. The molecule has 0 unspecified atom stereocenters. The topological polar surface area (TPSA) is 77.5 Å². The summed E-state index contributed by atoms with van der Waals surface area (Å²) in [6.07, 6.45) is 0. The van der Waals surface area contributed by atoms with E-state index in [4.69, 9.17) is 18.9 Å². The van der Waals surface area contributed by atoms with Crippen LogP contribution < -0.4 is 14.2 Å². The van der Waals surface area contributed by atoms with E-state index in [0.29, 0.717) is 74.4 Å². The third-order valence-corrected chi connectivity index (χ3v) is 5.29. The normalized spacial score (nSPS) is 13.6. The minimum atomic E-state index is -0.102. The lowest BCUT2D eigenvalue weighted by Crippen LogP contribution is -2.50. The van der Waals surface area contributed by atoms with E-state index < -0.39 is 0 Å². The number of ether oxygens (including phenoxy) is 4. The van der Waals surface area contributed by atoms with Crippen LogP contribution in [0, 0.1) is 0 Å². The fraction of sp³-hybridized carbons (Fsp3) is 0.417. The summed E-state index contributed by atoms with van der Waals surface area (Å²) >= 11 is 0. The van der Waals surface area contributed by atoms with Crippen LogP contribution in [-0.4, -0.2) is 81.8 Å². The average molecular weight is 443 g/mol. The van der Waals surface area contributed by atoms with Gasteiger partial charge in [0.15, 0.2) is 11.5 Å². The summed E-state index contributed by atoms with van der Waals surface area (Å²) in [6, 6.07) is 12.3. The van der Waals surface area contributed by atoms with Crippen molar-refractivity contribution in [1.82, 2.24) is 9.80 Å². The molecule has 0 atom stereocenters. The third-order valence-electron chi connectivity index (χ3n) is 5.29. The van der Waals surface area contributed by atoms with Gasteiger partial charge in [-0.2, -0.15) is 0 Å². The maximum absolute atomic E-state index is 13.1. The average Bonchev–Trinajstić information content (AvgIpc) is 2.85. The van der Waals surface area contributed by atoms with Crippen LogP contribution in [0.4, 0.5) is 0 Å². The van der Waals surface area contributed by atoms with Crippen LogP contribution in [-0.2, 0) is 4.74 Å². The molecule has 172 valence electrons. The summed E-state index contributed by atoms with van der Waals surface area (Å²) in [6.45, 7) is 5.19. The SMILES string of the molecule is CCOCCOc1ccccc1C(=O)N1CCN(C(=O)c2ccc(OC)c(OC)c2)CC1. The second-order valence-corrected chi connectivity index (χ2v) is 7.20. The zero-order chi connectivity index (χ0) is 22.9. The summed E-state index contributed by atoms with van der Waals surface area (Å²) in [4.78, 5) is 29.5. The number of para-hydroxylation sites is 1. The predicted molar refractivity (Wildman–Crippen MR) is 120 cm³/mol. The predicted octanol–water partition coefficient (Wildman–Crippen LogP) is 2.72. The number of nitrogens with zero attached hydrogens (tertiary/aromatic N) is 2. The van der Waals surface area contributed by atoms with Crippen molar-refractivity contribution >= 4 is 11.8 Å². The number of carbonyl (C=O) groups excluding carboxylic acids is 2. The first-order chi connectivity index (χ1) is 15.6. The molecule has 0 aliphatic carbocycles. The first kappa shape index (κ1) is 23.4. The molecule has 1 aliphatic heterocycles. The van der Waals surface area contributed by atoms with Crippen LogP contribution in [0.1, 0.15) is 27.6 Å².